The van der Waals surface area contributed by atoms with E-state index in [2.05, 4.69) is 4.74 Å². The number of furan rings is 1. The summed E-state index contributed by atoms with van der Waals surface area (Å²) in [5.74, 6) is -0.275. The molecule has 1 unspecified atom stereocenters. The van der Waals surface area contributed by atoms with E-state index in [1.165, 1.54) is 21.0 Å². The maximum absolute atomic E-state index is 11.2. The quantitative estimate of drug-likeness (QED) is 0.337. The Labute approximate surface area is 112 Å². The van der Waals surface area contributed by atoms with Gasteiger partial charge in [0.15, 0.2) is 0 Å². The van der Waals surface area contributed by atoms with E-state index in [-0.39, 0.29) is 51.5 Å². The van der Waals surface area contributed by atoms with Crippen LogP contribution in [0.5, 0.6) is 0 Å². The molecule has 0 aromatic carbocycles. The Morgan fingerprint density at radius 3 is 2.33 bits per heavy atom. The van der Waals surface area contributed by atoms with E-state index < -0.39 is 17.0 Å². The molecule has 0 saturated heterocycles. The molecule has 1 aromatic rings. The van der Waals surface area contributed by atoms with E-state index in [4.69, 9.17) is 4.42 Å². The monoisotopic (exact) mass is 240 g/mol. The first-order chi connectivity index (χ1) is 6.49. The van der Waals surface area contributed by atoms with Gasteiger partial charge in [0, 0.05) is 0 Å². The molecule has 0 amide bonds. The van der Waals surface area contributed by atoms with Crippen molar-refractivity contribution < 1.29 is 52.3 Å². The van der Waals surface area contributed by atoms with Gasteiger partial charge in [-0.15, -0.1) is 0 Å². The molecule has 0 aliphatic carbocycles. The van der Waals surface area contributed by atoms with Gasteiger partial charge in [-0.2, -0.15) is 0 Å². The Kier molecular flexibility index (Phi) is 5.76. The van der Waals surface area contributed by atoms with Gasteiger partial charge in [-0.3, -0.25) is 4.21 Å². The molecule has 0 saturated carbocycles. The van der Waals surface area contributed by atoms with Gasteiger partial charge in [0.05, 0.1) is 12.0 Å². The molecular weight excluding hydrogens is 231 g/mol. The molecule has 15 heavy (non-hydrogen) atoms. The van der Waals surface area contributed by atoms with Crippen molar-refractivity contribution in [3.05, 3.63) is 17.1 Å². The second-order valence-electron chi connectivity index (χ2n) is 2.64. The molecule has 0 bridgehead atoms. The summed E-state index contributed by atoms with van der Waals surface area (Å²) in [5.41, 5.74) is -0.0293. The molecule has 7 heteroatoms. The van der Waals surface area contributed by atoms with Crippen LogP contribution in [0.2, 0.25) is 0 Å². The molecule has 1 aromatic heterocycles. The fraction of sp³-hybridized carbons (Fsp3) is 0.375. The second kappa shape index (κ2) is 5.81. The van der Waals surface area contributed by atoms with Crippen molar-refractivity contribution in [3.8, 4) is 0 Å². The van der Waals surface area contributed by atoms with Crippen LogP contribution >= 0.6 is 0 Å². The Hall–Kier alpha value is -0.140. The van der Waals surface area contributed by atoms with Crippen molar-refractivity contribution in [1.82, 2.24) is 0 Å². The molecular formula is C8H9NaO5S. The van der Waals surface area contributed by atoms with Gasteiger partial charge in [0.25, 0.3) is 0 Å². The number of rotatable bonds is 2. The number of esters is 1. The summed E-state index contributed by atoms with van der Waals surface area (Å²) in [5, 5.41) is 0. The summed E-state index contributed by atoms with van der Waals surface area (Å²) < 4.78 is 31.1. The van der Waals surface area contributed by atoms with Crippen molar-refractivity contribution in [2.75, 3.05) is 7.11 Å². The number of methoxy groups -OCH3 is 1. The normalized spacial score (nSPS) is 11.7. The summed E-state index contributed by atoms with van der Waals surface area (Å²) in [6.07, 6.45) is 0. The molecule has 1 rings (SSSR count). The largest absolute Gasteiger partial charge is 1.00 e. The van der Waals surface area contributed by atoms with Crippen molar-refractivity contribution in [2.24, 2.45) is 0 Å². The molecule has 0 N–H and O–H groups in total. The first kappa shape index (κ1) is 14.9. The SMILES string of the molecule is COC(=O)c1c(C)oc(C)c1S(=O)[O-].[Na+]. The van der Waals surface area contributed by atoms with E-state index in [0.29, 0.717) is 0 Å². The third-order valence-corrected chi connectivity index (χ3v) is 2.59. The van der Waals surface area contributed by atoms with Crippen LogP contribution in [0.25, 0.3) is 0 Å². The van der Waals surface area contributed by atoms with E-state index in [1.807, 2.05) is 0 Å². The molecule has 5 nitrogen and oxygen atoms in total. The summed E-state index contributed by atoms with van der Waals surface area (Å²) in [4.78, 5) is 11.1. The molecule has 78 valence electrons. The van der Waals surface area contributed by atoms with Crippen LogP contribution in [0.4, 0.5) is 0 Å². The van der Waals surface area contributed by atoms with Crippen molar-refractivity contribution in [2.45, 2.75) is 18.7 Å². The average Bonchev–Trinajstić information content (AvgIpc) is 2.39. The molecule has 0 spiro atoms. The van der Waals surface area contributed by atoms with Crippen LogP contribution < -0.4 is 29.6 Å². The average molecular weight is 240 g/mol. The van der Waals surface area contributed by atoms with Gasteiger partial charge >= 0.3 is 35.5 Å². The smallest absolute Gasteiger partial charge is 0.768 e. The minimum atomic E-state index is -2.50. The minimum Gasteiger partial charge on any atom is -0.768 e. The van der Waals surface area contributed by atoms with Crippen LogP contribution in [0.1, 0.15) is 21.9 Å². The number of carbonyl (C=O) groups is 1. The Morgan fingerprint density at radius 2 is 1.93 bits per heavy atom. The van der Waals surface area contributed by atoms with Crippen molar-refractivity contribution in [3.63, 3.8) is 0 Å². The van der Waals surface area contributed by atoms with Gasteiger partial charge in [0.1, 0.15) is 17.1 Å². The maximum Gasteiger partial charge on any atom is 1.00 e. The first-order valence-corrected chi connectivity index (χ1v) is 4.84. The third-order valence-electron chi connectivity index (χ3n) is 1.76. The second-order valence-corrected chi connectivity index (χ2v) is 3.52. The predicted octanol–water partition coefficient (Wildman–Crippen LogP) is -2.07. The maximum atomic E-state index is 11.2. The number of carbonyl (C=O) groups excluding carboxylic acids is 1. The van der Waals surface area contributed by atoms with E-state index in [0.717, 1.165) is 0 Å². The van der Waals surface area contributed by atoms with Crippen LogP contribution in [-0.2, 0) is 15.8 Å². The summed E-state index contributed by atoms with van der Waals surface area (Å²) in [6.45, 7) is 2.99. The van der Waals surface area contributed by atoms with Gasteiger partial charge < -0.3 is 13.7 Å². The van der Waals surface area contributed by atoms with Gasteiger partial charge in [-0.05, 0) is 24.9 Å². The van der Waals surface area contributed by atoms with E-state index in [9.17, 15) is 13.6 Å². The molecule has 1 heterocycles. The van der Waals surface area contributed by atoms with Crippen LogP contribution in [0, 0.1) is 13.8 Å². The standard InChI is InChI=1S/C8H10O5S.Na/c1-4-6(8(9)12-3)7(14(10)11)5(2)13-4;/h1-3H3,(H,10,11);/q;+1/p-1. The van der Waals surface area contributed by atoms with Crippen molar-refractivity contribution >= 4 is 17.0 Å². The number of ether oxygens (including phenoxy) is 1. The molecule has 1 atom stereocenters. The molecule has 0 radical (unpaired) electrons. The summed E-state index contributed by atoms with van der Waals surface area (Å²) >= 11 is -2.50. The first-order valence-electron chi connectivity index (χ1n) is 3.76. The minimum absolute atomic E-state index is 0. The Balaban J connectivity index is 0.00000196. The Bertz CT molecular complexity index is 398. The van der Waals surface area contributed by atoms with Gasteiger partial charge in [0.2, 0.25) is 0 Å². The van der Waals surface area contributed by atoms with Crippen LogP contribution in [-0.4, -0.2) is 21.8 Å². The van der Waals surface area contributed by atoms with Gasteiger partial charge in [-0.1, -0.05) is 0 Å². The molecule has 0 fully saturated rings. The van der Waals surface area contributed by atoms with Crippen molar-refractivity contribution in [1.29, 1.82) is 0 Å². The zero-order valence-electron chi connectivity index (χ0n) is 8.95. The number of hydrogen-bond acceptors (Lipinski definition) is 5. The predicted molar refractivity (Wildman–Crippen MR) is 46.7 cm³/mol. The van der Waals surface area contributed by atoms with Gasteiger partial charge in [-0.25, -0.2) is 4.79 Å². The van der Waals surface area contributed by atoms with E-state index in [1.54, 1.807) is 0 Å². The van der Waals surface area contributed by atoms with E-state index >= 15 is 0 Å². The van der Waals surface area contributed by atoms with Crippen LogP contribution in [0.15, 0.2) is 9.31 Å². The third kappa shape index (κ3) is 2.92. The zero-order valence-corrected chi connectivity index (χ0v) is 11.8. The zero-order chi connectivity index (χ0) is 10.9. The fourth-order valence-corrected chi connectivity index (χ4v) is 1.87. The number of hydrogen-bond donors (Lipinski definition) is 0. The molecule has 0 aliphatic heterocycles. The summed E-state index contributed by atoms with van der Waals surface area (Å²) in [6, 6.07) is 0. The topological polar surface area (TPSA) is 79.6 Å². The Morgan fingerprint density at radius 1 is 1.40 bits per heavy atom. The fourth-order valence-electron chi connectivity index (χ4n) is 1.20. The number of aryl methyl sites for hydroxylation is 2. The van der Waals surface area contributed by atoms with Crippen LogP contribution in [0.3, 0.4) is 0 Å². The summed E-state index contributed by atoms with van der Waals surface area (Å²) in [7, 11) is 1.18. The molecule has 0 aliphatic rings.